The van der Waals surface area contributed by atoms with Crippen molar-refractivity contribution in [2.75, 3.05) is 12.8 Å². The number of hydrogen-bond donors (Lipinski definition) is 1. The molecular weight excluding hydrogens is 272 g/mol. The van der Waals surface area contributed by atoms with E-state index in [9.17, 15) is 8.42 Å². The zero-order chi connectivity index (χ0) is 13.5. The smallest absolute Gasteiger partial charge is 0.262 e. The molecule has 0 aromatic carbocycles. The number of rotatable bonds is 4. The maximum absolute atomic E-state index is 12.5. The van der Waals surface area contributed by atoms with E-state index in [1.807, 2.05) is 13.8 Å². The van der Waals surface area contributed by atoms with Gasteiger partial charge in [0.15, 0.2) is 15.8 Å². The molecule has 2 N–H and O–H groups in total. The summed E-state index contributed by atoms with van der Waals surface area (Å²) in [6, 6.07) is -0.0846. The van der Waals surface area contributed by atoms with Crippen LogP contribution >= 0.6 is 11.3 Å². The Balaban J connectivity index is 2.59. The molecule has 0 aliphatic heterocycles. The second-order valence-electron chi connectivity index (χ2n) is 4.14. The van der Waals surface area contributed by atoms with Crippen LogP contribution in [0.1, 0.15) is 20.3 Å². The van der Waals surface area contributed by atoms with Crippen LogP contribution in [0.3, 0.4) is 0 Å². The summed E-state index contributed by atoms with van der Waals surface area (Å²) in [6.07, 6.45) is 2.40. The van der Waals surface area contributed by atoms with Gasteiger partial charge in [-0.2, -0.15) is 4.31 Å². The lowest BCUT2D eigenvalue weighted by molar-refractivity contribution is 0.379. The van der Waals surface area contributed by atoms with Crippen LogP contribution in [0.4, 0.5) is 5.82 Å². The van der Waals surface area contributed by atoms with Crippen LogP contribution in [0.15, 0.2) is 16.6 Å². The molecule has 1 unspecified atom stereocenters. The summed E-state index contributed by atoms with van der Waals surface area (Å²) in [5, 5.41) is 1.84. The summed E-state index contributed by atoms with van der Waals surface area (Å²) in [7, 11) is -2.05. The van der Waals surface area contributed by atoms with E-state index in [2.05, 4.69) is 4.98 Å². The molecule has 2 rings (SSSR count). The largest absolute Gasteiger partial charge is 0.381 e. The Morgan fingerprint density at radius 1 is 1.61 bits per heavy atom. The molecule has 0 bridgehead atoms. The van der Waals surface area contributed by atoms with Gasteiger partial charge in [-0.25, -0.2) is 13.4 Å². The fourth-order valence-corrected chi connectivity index (χ4v) is 4.05. The Labute approximate surface area is 110 Å². The van der Waals surface area contributed by atoms with Gasteiger partial charge in [-0.05, 0) is 13.3 Å². The molecule has 0 radical (unpaired) electrons. The number of sulfonamides is 1. The molecule has 0 amide bonds. The second kappa shape index (κ2) is 4.52. The van der Waals surface area contributed by atoms with Gasteiger partial charge in [-0.1, -0.05) is 6.92 Å². The van der Waals surface area contributed by atoms with Crippen molar-refractivity contribution in [1.29, 1.82) is 0 Å². The van der Waals surface area contributed by atoms with Crippen LogP contribution in [-0.2, 0) is 10.0 Å². The van der Waals surface area contributed by atoms with Crippen LogP contribution in [0, 0.1) is 0 Å². The highest BCUT2D eigenvalue weighted by Crippen LogP contribution is 2.26. The SMILES string of the molecule is CCC(C)N(C)S(=O)(=O)c1c(N)nc2sccn12. The number of aromatic nitrogens is 2. The van der Waals surface area contributed by atoms with Gasteiger partial charge in [0, 0.05) is 24.7 Å². The van der Waals surface area contributed by atoms with Gasteiger partial charge >= 0.3 is 0 Å². The van der Waals surface area contributed by atoms with E-state index >= 15 is 0 Å². The van der Waals surface area contributed by atoms with E-state index < -0.39 is 10.0 Å². The van der Waals surface area contributed by atoms with E-state index in [1.54, 1.807) is 18.6 Å². The van der Waals surface area contributed by atoms with Gasteiger partial charge in [0.05, 0.1) is 0 Å². The Bertz CT molecular complexity index is 659. The summed E-state index contributed by atoms with van der Waals surface area (Å²) in [5.41, 5.74) is 5.73. The van der Waals surface area contributed by atoms with E-state index in [4.69, 9.17) is 5.73 Å². The monoisotopic (exact) mass is 288 g/mol. The molecule has 0 fully saturated rings. The average Bonchev–Trinajstić information content (AvgIpc) is 2.85. The number of anilines is 1. The lowest BCUT2D eigenvalue weighted by Crippen LogP contribution is -2.35. The summed E-state index contributed by atoms with van der Waals surface area (Å²) < 4.78 is 27.9. The minimum absolute atomic E-state index is 0.0528. The molecule has 8 heteroatoms. The van der Waals surface area contributed by atoms with Crippen molar-refractivity contribution < 1.29 is 8.42 Å². The standard InChI is InChI=1S/C10H16N4O2S2/c1-4-7(2)13(3)18(15,16)9-8(11)12-10-14(9)5-6-17-10/h5-7H,4,11H2,1-3H3. The summed E-state index contributed by atoms with van der Waals surface area (Å²) in [6.45, 7) is 3.80. The lowest BCUT2D eigenvalue weighted by atomic mass is 10.3. The molecule has 0 spiro atoms. The van der Waals surface area contributed by atoms with Crippen molar-refractivity contribution in [3.8, 4) is 0 Å². The Morgan fingerprint density at radius 2 is 2.28 bits per heavy atom. The molecule has 18 heavy (non-hydrogen) atoms. The number of thiazole rings is 1. The molecule has 0 aliphatic rings. The van der Waals surface area contributed by atoms with E-state index in [-0.39, 0.29) is 16.9 Å². The number of nitrogen functional groups attached to an aromatic ring is 1. The van der Waals surface area contributed by atoms with Gasteiger partial charge in [-0.3, -0.25) is 4.40 Å². The van der Waals surface area contributed by atoms with Crippen LogP contribution in [-0.4, -0.2) is 35.2 Å². The third kappa shape index (κ3) is 1.90. The number of hydrogen-bond acceptors (Lipinski definition) is 5. The van der Waals surface area contributed by atoms with Gasteiger partial charge < -0.3 is 5.73 Å². The topological polar surface area (TPSA) is 80.7 Å². The van der Waals surface area contributed by atoms with Gasteiger partial charge in [0.2, 0.25) is 0 Å². The zero-order valence-corrected chi connectivity index (χ0v) is 12.1. The Morgan fingerprint density at radius 3 is 2.89 bits per heavy atom. The number of fused-ring (bicyclic) bond motifs is 1. The molecule has 0 aliphatic carbocycles. The molecule has 100 valence electrons. The maximum atomic E-state index is 12.5. The third-order valence-electron chi connectivity index (χ3n) is 3.08. The molecule has 2 heterocycles. The summed E-state index contributed by atoms with van der Waals surface area (Å²) >= 11 is 1.35. The summed E-state index contributed by atoms with van der Waals surface area (Å²) in [4.78, 5) is 4.65. The van der Waals surface area contributed by atoms with Crippen molar-refractivity contribution >= 4 is 32.1 Å². The zero-order valence-electron chi connectivity index (χ0n) is 10.5. The molecule has 6 nitrogen and oxygen atoms in total. The first-order valence-electron chi connectivity index (χ1n) is 5.58. The highest BCUT2D eigenvalue weighted by Gasteiger charge is 2.30. The predicted molar refractivity (Wildman–Crippen MR) is 72.2 cm³/mol. The fourth-order valence-electron chi connectivity index (χ4n) is 1.67. The van der Waals surface area contributed by atoms with Crippen molar-refractivity contribution in [1.82, 2.24) is 13.7 Å². The molecule has 2 aromatic heterocycles. The minimum Gasteiger partial charge on any atom is -0.381 e. The highest BCUT2D eigenvalue weighted by atomic mass is 32.2. The first-order chi connectivity index (χ1) is 8.39. The van der Waals surface area contributed by atoms with Crippen molar-refractivity contribution in [3.05, 3.63) is 11.6 Å². The van der Waals surface area contributed by atoms with Crippen LogP contribution in [0.5, 0.6) is 0 Å². The fraction of sp³-hybridized carbons (Fsp3) is 0.500. The third-order valence-corrected chi connectivity index (χ3v) is 5.85. The number of nitrogens with zero attached hydrogens (tertiary/aromatic N) is 3. The Hall–Kier alpha value is -1.12. The number of imidazole rings is 1. The quantitative estimate of drug-likeness (QED) is 0.922. The van der Waals surface area contributed by atoms with Crippen molar-refractivity contribution in [2.45, 2.75) is 31.3 Å². The second-order valence-corrected chi connectivity index (χ2v) is 6.92. The first-order valence-corrected chi connectivity index (χ1v) is 7.90. The lowest BCUT2D eigenvalue weighted by Gasteiger charge is -2.22. The first kappa shape index (κ1) is 13.3. The van der Waals surface area contributed by atoms with Gasteiger partial charge in [-0.15, -0.1) is 11.3 Å². The van der Waals surface area contributed by atoms with E-state index in [0.717, 1.165) is 6.42 Å². The molecular formula is C10H16N4O2S2. The van der Waals surface area contributed by atoms with Gasteiger partial charge in [0.1, 0.15) is 0 Å². The van der Waals surface area contributed by atoms with E-state index in [1.165, 1.54) is 20.0 Å². The molecule has 2 aromatic rings. The Kier molecular flexibility index (Phi) is 3.35. The van der Waals surface area contributed by atoms with E-state index in [0.29, 0.717) is 4.96 Å². The maximum Gasteiger partial charge on any atom is 0.262 e. The van der Waals surface area contributed by atoms with Crippen molar-refractivity contribution in [2.24, 2.45) is 0 Å². The van der Waals surface area contributed by atoms with Crippen LogP contribution < -0.4 is 5.73 Å². The predicted octanol–water partition coefficient (Wildman–Crippen LogP) is 1.40. The molecule has 0 saturated heterocycles. The average molecular weight is 288 g/mol. The van der Waals surface area contributed by atoms with Gasteiger partial charge in [0.25, 0.3) is 10.0 Å². The van der Waals surface area contributed by atoms with Crippen LogP contribution in [0.2, 0.25) is 0 Å². The molecule has 0 saturated carbocycles. The highest BCUT2D eigenvalue weighted by molar-refractivity contribution is 7.89. The van der Waals surface area contributed by atoms with Crippen molar-refractivity contribution in [3.63, 3.8) is 0 Å². The normalized spacial score (nSPS) is 14.4. The minimum atomic E-state index is -3.62. The summed E-state index contributed by atoms with van der Waals surface area (Å²) in [5.74, 6) is 0.0528. The van der Waals surface area contributed by atoms with Crippen LogP contribution in [0.25, 0.3) is 4.96 Å². The number of nitrogens with two attached hydrogens (primary N) is 1. The molecule has 1 atom stereocenters.